The van der Waals surface area contributed by atoms with Gasteiger partial charge in [0.25, 0.3) is 0 Å². The van der Waals surface area contributed by atoms with Gasteiger partial charge in [-0.05, 0) is 88.8 Å². The van der Waals surface area contributed by atoms with Crippen LogP contribution in [-0.2, 0) is 0 Å². The van der Waals surface area contributed by atoms with Crippen molar-refractivity contribution < 1.29 is 0 Å². The number of hydrogen-bond donors (Lipinski definition) is 0. The zero-order valence-electron chi connectivity index (χ0n) is 31.4. The zero-order valence-corrected chi connectivity index (χ0v) is 32.2. The SMILES string of the molecule is C=C(N=C(N=C(C)c1cccc(-n2c3ccccc3c3cc(-c4ccc5sc6ccccc6c5c4)ccc32)c1)c1ccccc1)c1ccc(-c2ccccc2)cc1. The molecule has 0 saturated heterocycles. The van der Waals surface area contributed by atoms with Gasteiger partial charge in [-0.25, -0.2) is 9.98 Å². The molecule has 57 heavy (non-hydrogen) atoms. The lowest BCUT2D eigenvalue weighted by Crippen LogP contribution is -2.05. The van der Waals surface area contributed by atoms with Crippen molar-refractivity contribution in [1.29, 1.82) is 0 Å². The quantitative estimate of drug-likeness (QED) is 0.115. The normalized spacial score (nSPS) is 12.2. The number of rotatable bonds is 7. The monoisotopic (exact) mass is 747 g/mol. The van der Waals surface area contributed by atoms with Crippen LogP contribution in [0.5, 0.6) is 0 Å². The molecule has 0 fully saturated rings. The van der Waals surface area contributed by atoms with Gasteiger partial charge in [-0.15, -0.1) is 11.3 Å². The predicted octanol–water partition coefficient (Wildman–Crippen LogP) is 14.4. The van der Waals surface area contributed by atoms with E-state index in [2.05, 4.69) is 176 Å². The van der Waals surface area contributed by atoms with Crippen LogP contribution in [0, 0.1) is 0 Å². The number of thiophene rings is 1. The Morgan fingerprint density at radius 3 is 1.84 bits per heavy atom. The van der Waals surface area contributed by atoms with Crippen molar-refractivity contribution in [1.82, 2.24) is 4.57 Å². The van der Waals surface area contributed by atoms with Gasteiger partial charge in [-0.2, -0.15) is 0 Å². The van der Waals surface area contributed by atoms with Crippen molar-refractivity contribution >= 4 is 70.6 Å². The van der Waals surface area contributed by atoms with E-state index in [0.717, 1.165) is 44.7 Å². The highest BCUT2D eigenvalue weighted by Crippen LogP contribution is 2.39. The maximum atomic E-state index is 5.17. The van der Waals surface area contributed by atoms with Gasteiger partial charge in [-0.1, -0.05) is 152 Å². The van der Waals surface area contributed by atoms with Crippen molar-refractivity contribution in [3.8, 4) is 27.9 Å². The van der Waals surface area contributed by atoms with Gasteiger partial charge in [0.1, 0.15) is 0 Å². The van der Waals surface area contributed by atoms with Crippen LogP contribution >= 0.6 is 11.3 Å². The molecule has 0 saturated carbocycles. The Labute approximate surface area is 335 Å². The molecule has 4 heteroatoms. The van der Waals surface area contributed by atoms with E-state index in [4.69, 9.17) is 9.98 Å². The maximum Gasteiger partial charge on any atom is 0.160 e. The minimum Gasteiger partial charge on any atom is -0.309 e. The summed E-state index contributed by atoms with van der Waals surface area (Å²) >= 11 is 1.85. The number of fused-ring (bicyclic) bond motifs is 6. The first kappa shape index (κ1) is 34.4. The molecule has 0 spiro atoms. The molecule has 2 heterocycles. The van der Waals surface area contributed by atoms with E-state index in [1.165, 1.54) is 47.6 Å². The number of aliphatic imine (C=N–C) groups is 2. The lowest BCUT2D eigenvalue weighted by atomic mass is 10.0. The van der Waals surface area contributed by atoms with Crippen molar-refractivity contribution in [3.63, 3.8) is 0 Å². The molecule has 0 aliphatic rings. The van der Waals surface area contributed by atoms with Gasteiger partial charge < -0.3 is 4.57 Å². The van der Waals surface area contributed by atoms with Crippen molar-refractivity contribution in [2.24, 2.45) is 9.98 Å². The van der Waals surface area contributed by atoms with Gasteiger partial charge >= 0.3 is 0 Å². The molecule has 10 aromatic rings. The summed E-state index contributed by atoms with van der Waals surface area (Å²) in [7, 11) is 0. The minimum absolute atomic E-state index is 0.619. The fourth-order valence-electron chi connectivity index (χ4n) is 7.85. The molecule has 2 aromatic heterocycles. The molecule has 0 unspecified atom stereocenters. The van der Waals surface area contributed by atoms with E-state index in [1.807, 2.05) is 47.7 Å². The Hall–Kier alpha value is -7.14. The summed E-state index contributed by atoms with van der Waals surface area (Å²) in [5.41, 5.74) is 12.6. The molecule has 0 aliphatic carbocycles. The lowest BCUT2D eigenvalue weighted by Gasteiger charge is -2.11. The molecule has 0 radical (unpaired) electrons. The van der Waals surface area contributed by atoms with Gasteiger partial charge in [0.05, 0.1) is 16.7 Å². The fourth-order valence-corrected chi connectivity index (χ4v) is 8.94. The third-order valence-electron chi connectivity index (χ3n) is 10.8. The average molecular weight is 748 g/mol. The fraction of sp³-hybridized carbons (Fsp3) is 0.0189. The molecule has 8 aromatic carbocycles. The van der Waals surface area contributed by atoms with Crippen molar-refractivity contribution in [2.75, 3.05) is 0 Å². The van der Waals surface area contributed by atoms with Crippen molar-refractivity contribution in [2.45, 2.75) is 6.92 Å². The smallest absolute Gasteiger partial charge is 0.160 e. The molecule has 270 valence electrons. The molecule has 3 nitrogen and oxygen atoms in total. The van der Waals surface area contributed by atoms with Gasteiger partial charge in [0.2, 0.25) is 0 Å². The first-order chi connectivity index (χ1) is 28.1. The number of nitrogens with zero attached hydrogens (tertiary/aromatic N) is 3. The van der Waals surface area contributed by atoms with Crippen LogP contribution < -0.4 is 0 Å². The van der Waals surface area contributed by atoms with E-state index < -0.39 is 0 Å². The van der Waals surface area contributed by atoms with Crippen LogP contribution in [-0.4, -0.2) is 16.1 Å². The second-order valence-corrected chi connectivity index (χ2v) is 15.4. The summed E-state index contributed by atoms with van der Waals surface area (Å²) in [6.45, 7) is 6.42. The average Bonchev–Trinajstić information content (AvgIpc) is 3.82. The van der Waals surface area contributed by atoms with Crippen LogP contribution in [0.4, 0.5) is 0 Å². The topological polar surface area (TPSA) is 29.6 Å². The first-order valence-electron chi connectivity index (χ1n) is 19.2. The summed E-state index contributed by atoms with van der Waals surface area (Å²) in [5.74, 6) is 0.619. The molecule has 10 rings (SSSR count). The Morgan fingerprint density at radius 1 is 0.439 bits per heavy atom. The molecule has 0 amide bonds. The summed E-state index contributed by atoms with van der Waals surface area (Å²) in [4.78, 5) is 10.2. The second-order valence-electron chi connectivity index (χ2n) is 14.3. The number of hydrogen-bond acceptors (Lipinski definition) is 2. The van der Waals surface area contributed by atoms with Crippen LogP contribution in [0.2, 0.25) is 0 Å². The van der Waals surface area contributed by atoms with Gasteiger partial charge in [0.15, 0.2) is 5.84 Å². The van der Waals surface area contributed by atoms with E-state index in [1.54, 1.807) is 0 Å². The minimum atomic E-state index is 0.619. The third kappa shape index (κ3) is 6.46. The lowest BCUT2D eigenvalue weighted by molar-refractivity contribution is 1.18. The number of amidine groups is 1. The summed E-state index contributed by atoms with van der Waals surface area (Å²) in [5, 5.41) is 5.08. The van der Waals surface area contributed by atoms with Crippen LogP contribution in [0.1, 0.15) is 23.6 Å². The standard InChI is InChI=1S/C53H37N3S/c1-35(37-24-26-39(27-25-37)38-14-5-3-6-15-38)54-53(40-16-7-4-8-17-40)55-36(2)41-18-13-19-44(32-41)56-49-22-11-9-20-45(49)47-33-42(28-30-50(47)56)43-29-31-52-48(34-43)46-21-10-12-23-51(46)57-52/h3-34H,1H2,2H3. The summed E-state index contributed by atoms with van der Waals surface area (Å²) in [6, 6.07) is 68.7. The third-order valence-corrected chi connectivity index (χ3v) is 11.9. The highest BCUT2D eigenvalue weighted by molar-refractivity contribution is 7.25. The van der Waals surface area contributed by atoms with Crippen LogP contribution in [0.25, 0.3) is 75.6 Å². The summed E-state index contributed by atoms with van der Waals surface area (Å²) in [6.07, 6.45) is 0. The highest BCUT2D eigenvalue weighted by Gasteiger charge is 2.15. The van der Waals surface area contributed by atoms with E-state index >= 15 is 0 Å². The molecular weight excluding hydrogens is 711 g/mol. The number of aromatic nitrogens is 1. The van der Waals surface area contributed by atoms with Crippen LogP contribution in [0.3, 0.4) is 0 Å². The van der Waals surface area contributed by atoms with Gasteiger partial charge in [-0.3, -0.25) is 0 Å². The predicted molar refractivity (Wildman–Crippen MR) is 245 cm³/mol. The second kappa shape index (κ2) is 14.5. The molecule has 0 bridgehead atoms. The first-order valence-corrected chi connectivity index (χ1v) is 20.0. The van der Waals surface area contributed by atoms with E-state index in [9.17, 15) is 0 Å². The molecule has 0 atom stereocenters. The highest BCUT2D eigenvalue weighted by atomic mass is 32.1. The van der Waals surface area contributed by atoms with Crippen LogP contribution in [0.15, 0.2) is 211 Å². The molecular formula is C53H37N3S. The Kier molecular flexibility index (Phi) is 8.74. The van der Waals surface area contributed by atoms with Crippen molar-refractivity contribution in [3.05, 3.63) is 217 Å². The van der Waals surface area contributed by atoms with Gasteiger partial charge in [0, 0.05) is 47.9 Å². The Morgan fingerprint density at radius 2 is 1.04 bits per heavy atom. The number of para-hydroxylation sites is 1. The zero-order chi connectivity index (χ0) is 38.3. The maximum absolute atomic E-state index is 5.17. The molecule has 0 N–H and O–H groups in total. The summed E-state index contributed by atoms with van der Waals surface area (Å²) < 4.78 is 5.01. The van der Waals surface area contributed by atoms with E-state index in [-0.39, 0.29) is 0 Å². The van der Waals surface area contributed by atoms with E-state index in [0.29, 0.717) is 11.5 Å². The Balaban J connectivity index is 1.02. The number of benzene rings is 8. The largest absolute Gasteiger partial charge is 0.309 e. The molecule has 0 aliphatic heterocycles. The Bertz CT molecular complexity index is 3180.